The van der Waals surface area contributed by atoms with E-state index in [2.05, 4.69) is 10.3 Å². The summed E-state index contributed by atoms with van der Waals surface area (Å²) in [5.41, 5.74) is 1.10. The van der Waals surface area contributed by atoms with Gasteiger partial charge in [-0.1, -0.05) is 35.3 Å². The summed E-state index contributed by atoms with van der Waals surface area (Å²) in [6, 6.07) is 13.2. The minimum atomic E-state index is -0.643. The van der Waals surface area contributed by atoms with Gasteiger partial charge >= 0.3 is 6.03 Å². The number of benzene rings is 2. The quantitative estimate of drug-likeness (QED) is 0.568. The number of alkyl halides is 1. The second-order valence-corrected chi connectivity index (χ2v) is 6.86. The molecule has 0 saturated carbocycles. The van der Waals surface area contributed by atoms with E-state index in [9.17, 15) is 9.59 Å². The fraction of sp³-hybridized carbons (Fsp3) is 0.167. The molecule has 1 aliphatic rings. The van der Waals surface area contributed by atoms with Crippen LogP contribution in [-0.4, -0.2) is 41.8 Å². The molecule has 1 fully saturated rings. The van der Waals surface area contributed by atoms with Crippen molar-refractivity contribution >= 4 is 64.0 Å². The molecule has 6 nitrogen and oxygen atoms in total. The molecule has 1 saturated heterocycles. The van der Waals surface area contributed by atoms with Crippen LogP contribution in [0.5, 0.6) is 0 Å². The largest absolute Gasteiger partial charge is 0.363 e. The van der Waals surface area contributed by atoms with E-state index in [0.717, 1.165) is 10.6 Å². The number of amidine groups is 1. The third-order valence-corrected chi connectivity index (χ3v) is 4.74. The average molecular weight is 426 g/mol. The Bertz CT molecular complexity index is 902. The number of carbonyl (C=O) groups is 2. The smallest absolute Gasteiger partial charge is 0.337 e. The Morgan fingerprint density at radius 3 is 2.37 bits per heavy atom. The van der Waals surface area contributed by atoms with Crippen LogP contribution >= 0.6 is 34.8 Å². The van der Waals surface area contributed by atoms with Crippen molar-refractivity contribution in [3.05, 3.63) is 58.6 Å². The van der Waals surface area contributed by atoms with Crippen molar-refractivity contribution < 1.29 is 9.59 Å². The Kier molecular flexibility index (Phi) is 5.89. The third-order valence-electron chi connectivity index (χ3n) is 3.88. The Morgan fingerprint density at radius 1 is 1.07 bits per heavy atom. The zero-order valence-electron chi connectivity index (χ0n) is 14.2. The lowest BCUT2D eigenvalue weighted by molar-refractivity contribution is -0.119. The molecule has 1 atom stereocenters. The number of rotatable bonds is 5. The maximum atomic E-state index is 12.6. The van der Waals surface area contributed by atoms with Crippen molar-refractivity contribution in [1.82, 2.24) is 4.90 Å². The van der Waals surface area contributed by atoms with E-state index in [1.54, 1.807) is 48.5 Å². The van der Waals surface area contributed by atoms with Crippen LogP contribution in [0.3, 0.4) is 0 Å². The highest BCUT2D eigenvalue weighted by atomic mass is 35.5. The van der Waals surface area contributed by atoms with Crippen LogP contribution in [0.15, 0.2) is 53.5 Å². The number of likely N-dealkylation sites (N-methyl/N-ethyl adjacent to an activating group) is 1. The van der Waals surface area contributed by atoms with Crippen molar-refractivity contribution in [3.63, 3.8) is 0 Å². The van der Waals surface area contributed by atoms with E-state index in [0.29, 0.717) is 15.7 Å². The van der Waals surface area contributed by atoms with Crippen LogP contribution < -0.4 is 10.2 Å². The number of nitrogens with zero attached hydrogens (tertiary/aromatic N) is 3. The Labute approximate surface area is 171 Å². The van der Waals surface area contributed by atoms with Gasteiger partial charge in [-0.3, -0.25) is 9.69 Å². The fourth-order valence-corrected chi connectivity index (χ4v) is 3.02. The van der Waals surface area contributed by atoms with Crippen LogP contribution in [-0.2, 0) is 4.79 Å². The summed E-state index contributed by atoms with van der Waals surface area (Å²) in [5.74, 6) is -0.510. The molecule has 0 bridgehead atoms. The summed E-state index contributed by atoms with van der Waals surface area (Å²) in [7, 11) is 1.39. The van der Waals surface area contributed by atoms with Gasteiger partial charge in [0, 0.05) is 17.8 Å². The number of amides is 3. The SMILES string of the molecule is CN1C(=O)C(=NC(CCl)Nc2ccc(Cl)cc2)N(c2ccccc2Cl)C1=O. The van der Waals surface area contributed by atoms with Crippen LogP contribution in [0, 0.1) is 0 Å². The summed E-state index contributed by atoms with van der Waals surface area (Å²) >= 11 is 18.1. The van der Waals surface area contributed by atoms with Crippen LogP contribution in [0.4, 0.5) is 16.2 Å². The molecule has 0 aliphatic carbocycles. The molecule has 3 rings (SSSR count). The maximum absolute atomic E-state index is 12.6. The van der Waals surface area contributed by atoms with Crippen LogP contribution in [0.2, 0.25) is 10.0 Å². The molecule has 1 N–H and O–H groups in total. The standard InChI is InChI=1S/C18H15Cl3N4O2/c1-24-17(26)16(25(18(24)27)14-5-3-2-4-13(14)21)23-15(10-19)22-12-8-6-11(20)7-9-12/h2-9,15,22H,10H2,1H3. The molecule has 9 heteroatoms. The molecular weight excluding hydrogens is 411 g/mol. The highest BCUT2D eigenvalue weighted by Gasteiger charge is 2.42. The highest BCUT2D eigenvalue weighted by molar-refractivity contribution is 6.55. The number of anilines is 2. The summed E-state index contributed by atoms with van der Waals surface area (Å²) in [6.07, 6.45) is -0.643. The average Bonchev–Trinajstić information content (AvgIpc) is 2.87. The van der Waals surface area contributed by atoms with Crippen molar-refractivity contribution in [1.29, 1.82) is 0 Å². The van der Waals surface area contributed by atoms with E-state index in [1.165, 1.54) is 11.9 Å². The molecule has 3 amide bonds. The number of aliphatic imine (C=N–C) groups is 1. The van der Waals surface area contributed by atoms with Gasteiger partial charge in [0.05, 0.1) is 16.6 Å². The lowest BCUT2D eigenvalue weighted by atomic mass is 10.3. The highest BCUT2D eigenvalue weighted by Crippen LogP contribution is 2.29. The monoisotopic (exact) mass is 424 g/mol. The number of halogens is 3. The minimum absolute atomic E-state index is 0.0530. The summed E-state index contributed by atoms with van der Waals surface area (Å²) in [6.45, 7) is 0. The molecular formula is C18H15Cl3N4O2. The van der Waals surface area contributed by atoms with Gasteiger partial charge in [-0.15, -0.1) is 11.6 Å². The first-order valence-corrected chi connectivity index (χ1v) is 9.24. The number of imide groups is 1. The molecule has 0 spiro atoms. The van der Waals surface area contributed by atoms with Crippen LogP contribution in [0.25, 0.3) is 0 Å². The molecule has 2 aromatic carbocycles. The van der Waals surface area contributed by atoms with Crippen LogP contribution in [0.1, 0.15) is 0 Å². The predicted molar refractivity (Wildman–Crippen MR) is 109 cm³/mol. The first kappa shape index (κ1) is 19.5. The molecule has 1 unspecified atom stereocenters. The second kappa shape index (κ2) is 8.17. The lowest BCUT2D eigenvalue weighted by Gasteiger charge is -2.19. The number of carbonyl (C=O) groups excluding carboxylic acids is 2. The van der Waals surface area contributed by atoms with Gasteiger partial charge in [0.25, 0.3) is 5.91 Å². The fourth-order valence-electron chi connectivity index (χ4n) is 2.53. The molecule has 140 valence electrons. The Hall–Kier alpha value is -2.28. The lowest BCUT2D eigenvalue weighted by Crippen LogP contribution is -2.34. The van der Waals surface area contributed by atoms with Crippen molar-refractivity contribution in [2.24, 2.45) is 4.99 Å². The second-order valence-electron chi connectivity index (χ2n) is 5.71. The summed E-state index contributed by atoms with van der Waals surface area (Å²) in [5, 5.41) is 4.02. The van der Waals surface area contributed by atoms with E-state index >= 15 is 0 Å². The summed E-state index contributed by atoms with van der Waals surface area (Å²) in [4.78, 5) is 31.7. The van der Waals surface area contributed by atoms with Crippen molar-refractivity contribution in [3.8, 4) is 0 Å². The number of urea groups is 1. The molecule has 27 heavy (non-hydrogen) atoms. The molecule has 1 heterocycles. The van der Waals surface area contributed by atoms with Crippen molar-refractivity contribution in [2.75, 3.05) is 23.1 Å². The van der Waals surface area contributed by atoms with Gasteiger partial charge in [0.1, 0.15) is 6.17 Å². The van der Waals surface area contributed by atoms with Gasteiger partial charge in [0.2, 0.25) is 5.84 Å². The predicted octanol–water partition coefficient (Wildman–Crippen LogP) is 4.47. The number of hydrogen-bond acceptors (Lipinski definition) is 4. The Morgan fingerprint density at radius 2 is 1.74 bits per heavy atom. The molecule has 0 radical (unpaired) electrons. The normalized spacial score (nSPS) is 17.0. The zero-order valence-corrected chi connectivity index (χ0v) is 16.5. The first-order valence-electron chi connectivity index (χ1n) is 7.95. The van der Waals surface area contributed by atoms with E-state index in [4.69, 9.17) is 34.8 Å². The van der Waals surface area contributed by atoms with Gasteiger partial charge in [-0.25, -0.2) is 14.7 Å². The maximum Gasteiger partial charge on any atom is 0.337 e. The zero-order chi connectivity index (χ0) is 19.6. The van der Waals surface area contributed by atoms with E-state index in [1.807, 2.05) is 0 Å². The Balaban J connectivity index is 1.96. The van der Waals surface area contributed by atoms with Gasteiger partial charge in [-0.2, -0.15) is 0 Å². The number of para-hydroxylation sites is 1. The molecule has 1 aliphatic heterocycles. The summed E-state index contributed by atoms with van der Waals surface area (Å²) < 4.78 is 0. The van der Waals surface area contributed by atoms with Gasteiger partial charge in [-0.05, 0) is 36.4 Å². The number of nitrogens with one attached hydrogen (secondary N) is 1. The van der Waals surface area contributed by atoms with Gasteiger partial charge < -0.3 is 5.32 Å². The minimum Gasteiger partial charge on any atom is -0.363 e. The molecule has 0 aromatic heterocycles. The van der Waals surface area contributed by atoms with Gasteiger partial charge in [0.15, 0.2) is 0 Å². The molecule has 2 aromatic rings. The third kappa shape index (κ3) is 4.03. The number of hydrogen-bond donors (Lipinski definition) is 1. The van der Waals surface area contributed by atoms with E-state index < -0.39 is 18.1 Å². The van der Waals surface area contributed by atoms with Crippen molar-refractivity contribution in [2.45, 2.75) is 6.17 Å². The topological polar surface area (TPSA) is 65.0 Å². The van der Waals surface area contributed by atoms with E-state index in [-0.39, 0.29) is 11.7 Å². The first-order chi connectivity index (χ1) is 12.9.